The maximum Gasteiger partial charge on any atom is 0.131 e. The van der Waals surface area contributed by atoms with Gasteiger partial charge in [0.15, 0.2) is 0 Å². The summed E-state index contributed by atoms with van der Waals surface area (Å²) in [5.41, 5.74) is 0.564. The zero-order chi connectivity index (χ0) is 10.4. The van der Waals surface area contributed by atoms with Crippen LogP contribution in [0.25, 0.3) is 0 Å². The van der Waals surface area contributed by atoms with E-state index >= 15 is 0 Å². The van der Waals surface area contributed by atoms with Crippen molar-refractivity contribution in [2.75, 3.05) is 13.0 Å². The number of hydrogen-bond acceptors (Lipinski definition) is 2. The molecular weight excluding hydrogens is 200 g/mol. The first-order valence-electron chi connectivity index (χ1n) is 4.19. The summed E-state index contributed by atoms with van der Waals surface area (Å²) in [4.78, 5) is 0. The molecule has 0 saturated heterocycles. The van der Waals surface area contributed by atoms with Gasteiger partial charge in [0.05, 0.1) is 12.7 Å². The van der Waals surface area contributed by atoms with Crippen molar-refractivity contribution in [2.45, 2.75) is 6.42 Å². The minimum atomic E-state index is 0.160. The van der Waals surface area contributed by atoms with Gasteiger partial charge in [-0.15, -0.1) is 11.6 Å². The van der Waals surface area contributed by atoms with Crippen molar-refractivity contribution in [2.24, 2.45) is 0 Å². The Hall–Kier alpha value is -1.33. The highest BCUT2D eigenvalue weighted by molar-refractivity contribution is 6.18. The Labute approximate surface area is 88.5 Å². The van der Waals surface area contributed by atoms with Crippen LogP contribution in [0, 0.1) is 11.8 Å². The lowest BCUT2D eigenvalue weighted by molar-refractivity contribution is 0.412. The van der Waals surface area contributed by atoms with Crippen molar-refractivity contribution >= 4 is 11.6 Å². The minimum Gasteiger partial charge on any atom is -0.507 e. The lowest BCUT2D eigenvalue weighted by Crippen LogP contribution is -1.84. The molecule has 74 valence electrons. The molecule has 0 spiro atoms. The lowest BCUT2D eigenvalue weighted by atomic mass is 10.2. The number of aromatic hydroxyl groups is 1. The normalized spacial score (nSPS) is 9.00. The summed E-state index contributed by atoms with van der Waals surface area (Å²) in [5.74, 6) is 7.01. The number of phenols is 1. The van der Waals surface area contributed by atoms with Crippen molar-refractivity contribution in [1.82, 2.24) is 0 Å². The monoisotopic (exact) mass is 210 g/mol. The maximum absolute atomic E-state index is 9.44. The molecule has 14 heavy (non-hydrogen) atoms. The van der Waals surface area contributed by atoms with Gasteiger partial charge in [0.1, 0.15) is 11.5 Å². The zero-order valence-corrected chi connectivity index (χ0v) is 8.64. The van der Waals surface area contributed by atoms with E-state index in [1.165, 1.54) is 0 Å². The first-order chi connectivity index (χ1) is 6.77. The number of phenolic OH excluding ortho intramolecular Hbond substituents is 1. The lowest BCUT2D eigenvalue weighted by Gasteiger charge is -2.01. The number of rotatable bonds is 2. The largest absolute Gasteiger partial charge is 0.507 e. The van der Waals surface area contributed by atoms with Gasteiger partial charge in [-0.3, -0.25) is 0 Å². The van der Waals surface area contributed by atoms with Gasteiger partial charge in [-0.2, -0.15) is 0 Å². The van der Waals surface area contributed by atoms with Crippen LogP contribution in [0.4, 0.5) is 0 Å². The fourth-order valence-electron chi connectivity index (χ4n) is 0.947. The van der Waals surface area contributed by atoms with E-state index in [4.69, 9.17) is 16.3 Å². The number of methoxy groups -OCH3 is 1. The molecule has 0 radical (unpaired) electrons. The molecule has 0 atom stereocenters. The van der Waals surface area contributed by atoms with Gasteiger partial charge in [-0.1, -0.05) is 11.8 Å². The van der Waals surface area contributed by atoms with Crippen LogP contribution < -0.4 is 4.74 Å². The Morgan fingerprint density at radius 2 is 2.29 bits per heavy atom. The summed E-state index contributed by atoms with van der Waals surface area (Å²) >= 11 is 5.48. The summed E-state index contributed by atoms with van der Waals surface area (Å²) in [6, 6.07) is 4.93. The highest BCUT2D eigenvalue weighted by atomic mass is 35.5. The molecule has 0 aromatic heterocycles. The Morgan fingerprint density at radius 3 is 2.93 bits per heavy atom. The molecule has 1 aromatic rings. The molecule has 0 heterocycles. The first-order valence-corrected chi connectivity index (χ1v) is 4.73. The second kappa shape index (κ2) is 5.41. The van der Waals surface area contributed by atoms with E-state index in [1.54, 1.807) is 25.3 Å². The van der Waals surface area contributed by atoms with E-state index in [1.807, 2.05) is 0 Å². The Kier molecular flexibility index (Phi) is 4.15. The smallest absolute Gasteiger partial charge is 0.131 e. The molecule has 0 aliphatic carbocycles. The Balaban J connectivity index is 2.91. The number of benzene rings is 1. The Morgan fingerprint density at radius 1 is 1.50 bits per heavy atom. The number of ether oxygens (including phenoxy) is 1. The molecule has 0 fully saturated rings. The third kappa shape index (κ3) is 2.86. The van der Waals surface area contributed by atoms with Crippen LogP contribution in [0.5, 0.6) is 11.5 Å². The second-order valence-corrected chi connectivity index (χ2v) is 3.00. The summed E-state index contributed by atoms with van der Waals surface area (Å²) in [5, 5.41) is 9.44. The molecule has 0 bridgehead atoms. The summed E-state index contributed by atoms with van der Waals surface area (Å²) in [7, 11) is 1.57. The molecule has 1 aromatic carbocycles. The average Bonchev–Trinajstić information content (AvgIpc) is 2.21. The fraction of sp³-hybridized carbons (Fsp3) is 0.273. The van der Waals surface area contributed by atoms with E-state index in [0.717, 1.165) is 0 Å². The van der Waals surface area contributed by atoms with Crippen LogP contribution in [0.1, 0.15) is 12.0 Å². The first kappa shape index (κ1) is 10.7. The quantitative estimate of drug-likeness (QED) is 0.600. The summed E-state index contributed by atoms with van der Waals surface area (Å²) < 4.78 is 5.01. The molecule has 1 rings (SSSR count). The van der Waals surface area contributed by atoms with Gasteiger partial charge in [-0.05, 0) is 18.2 Å². The summed E-state index contributed by atoms with van der Waals surface area (Å²) in [6.07, 6.45) is 0.609. The average molecular weight is 211 g/mol. The number of halogens is 1. The van der Waals surface area contributed by atoms with E-state index in [2.05, 4.69) is 11.8 Å². The van der Waals surface area contributed by atoms with E-state index in [0.29, 0.717) is 23.6 Å². The van der Waals surface area contributed by atoms with Crippen molar-refractivity contribution in [1.29, 1.82) is 0 Å². The van der Waals surface area contributed by atoms with Gasteiger partial charge in [0.25, 0.3) is 0 Å². The molecule has 0 aliphatic heterocycles. The van der Waals surface area contributed by atoms with Gasteiger partial charge in [-0.25, -0.2) is 0 Å². The van der Waals surface area contributed by atoms with Crippen molar-refractivity contribution < 1.29 is 9.84 Å². The van der Waals surface area contributed by atoms with Gasteiger partial charge in [0.2, 0.25) is 0 Å². The number of hydrogen-bond donors (Lipinski definition) is 1. The Bertz CT molecular complexity index is 363. The van der Waals surface area contributed by atoms with Gasteiger partial charge < -0.3 is 9.84 Å². The van der Waals surface area contributed by atoms with Crippen LogP contribution >= 0.6 is 11.6 Å². The SMILES string of the molecule is COc1ccc(O)c(C#CCCCl)c1. The molecular formula is C11H11ClO2. The fourth-order valence-corrected chi connectivity index (χ4v) is 1.04. The molecule has 2 nitrogen and oxygen atoms in total. The highest BCUT2D eigenvalue weighted by Crippen LogP contribution is 2.21. The third-order valence-corrected chi connectivity index (χ3v) is 1.84. The second-order valence-electron chi connectivity index (χ2n) is 2.62. The molecule has 0 saturated carbocycles. The zero-order valence-electron chi connectivity index (χ0n) is 7.88. The van der Waals surface area contributed by atoms with Crippen LogP contribution in [0.2, 0.25) is 0 Å². The molecule has 0 amide bonds. The summed E-state index contributed by atoms with van der Waals surface area (Å²) in [6.45, 7) is 0. The molecule has 3 heteroatoms. The van der Waals surface area contributed by atoms with Crippen molar-refractivity contribution in [3.8, 4) is 23.3 Å². The number of alkyl halides is 1. The van der Waals surface area contributed by atoms with Crippen molar-refractivity contribution in [3.63, 3.8) is 0 Å². The topological polar surface area (TPSA) is 29.5 Å². The predicted molar refractivity (Wildman–Crippen MR) is 56.9 cm³/mol. The van der Waals surface area contributed by atoms with Crippen molar-refractivity contribution in [3.05, 3.63) is 23.8 Å². The predicted octanol–water partition coefficient (Wildman–Crippen LogP) is 2.38. The molecule has 0 aliphatic rings. The minimum absolute atomic E-state index is 0.160. The van der Waals surface area contributed by atoms with E-state index in [9.17, 15) is 5.11 Å². The third-order valence-electron chi connectivity index (χ3n) is 1.65. The van der Waals surface area contributed by atoms with Crippen LogP contribution in [-0.4, -0.2) is 18.1 Å². The highest BCUT2D eigenvalue weighted by Gasteiger charge is 1.99. The van der Waals surface area contributed by atoms with Gasteiger partial charge >= 0.3 is 0 Å². The van der Waals surface area contributed by atoms with E-state index < -0.39 is 0 Å². The maximum atomic E-state index is 9.44. The molecule has 0 unspecified atom stereocenters. The van der Waals surface area contributed by atoms with Crippen LogP contribution in [0.15, 0.2) is 18.2 Å². The standard InChI is InChI=1S/C11H11ClO2/c1-14-10-5-6-11(13)9(8-10)4-2-3-7-12/h5-6,8,13H,3,7H2,1H3. The van der Waals surface area contributed by atoms with Crippen LogP contribution in [0.3, 0.4) is 0 Å². The van der Waals surface area contributed by atoms with E-state index in [-0.39, 0.29) is 5.75 Å². The van der Waals surface area contributed by atoms with Gasteiger partial charge in [0, 0.05) is 12.3 Å². The molecule has 1 N–H and O–H groups in total. The van der Waals surface area contributed by atoms with Crippen LogP contribution in [-0.2, 0) is 0 Å².